The number of benzene rings is 1. The third kappa shape index (κ3) is 4.54. The second kappa shape index (κ2) is 9.71. The molecule has 3 atom stereocenters. The topological polar surface area (TPSA) is 66.9 Å². The number of piperazine rings is 1. The van der Waals surface area contributed by atoms with Crippen LogP contribution < -0.4 is 0 Å². The Morgan fingerprint density at radius 3 is 2.64 bits per heavy atom. The van der Waals surface area contributed by atoms with Crippen LogP contribution in [0.3, 0.4) is 0 Å². The van der Waals surface area contributed by atoms with E-state index in [2.05, 4.69) is 16.9 Å². The fourth-order valence-corrected chi connectivity index (χ4v) is 4.78. The Morgan fingerprint density at radius 1 is 1.18 bits per heavy atom. The number of hydrogen-bond acceptors (Lipinski definition) is 4. The maximum atomic E-state index is 12.8. The van der Waals surface area contributed by atoms with Gasteiger partial charge in [0.15, 0.2) is 0 Å². The zero-order valence-corrected chi connectivity index (χ0v) is 16.6. The molecule has 0 bridgehead atoms. The predicted molar refractivity (Wildman–Crippen MR) is 105 cm³/mol. The highest BCUT2D eigenvalue weighted by molar-refractivity contribution is 5.95. The number of carbonyl (C=O) groups is 3. The van der Waals surface area contributed by atoms with Crippen molar-refractivity contribution in [2.75, 3.05) is 19.7 Å². The molecule has 3 fully saturated rings. The van der Waals surface area contributed by atoms with Gasteiger partial charge >= 0.3 is 0 Å². The summed E-state index contributed by atoms with van der Waals surface area (Å²) < 4.78 is 4.15. The molecular formula is C22H30N2O4. The summed E-state index contributed by atoms with van der Waals surface area (Å²) in [7, 11) is 0. The summed E-state index contributed by atoms with van der Waals surface area (Å²) in [6.07, 6.45) is 6.26. The Bertz CT molecular complexity index is 678. The monoisotopic (exact) mass is 386 g/mol. The Balaban J connectivity index is 0.000000403. The van der Waals surface area contributed by atoms with Crippen molar-refractivity contribution in [1.29, 1.82) is 0 Å². The van der Waals surface area contributed by atoms with E-state index in [1.807, 2.05) is 23.1 Å². The van der Waals surface area contributed by atoms with Gasteiger partial charge in [-0.05, 0) is 50.5 Å². The summed E-state index contributed by atoms with van der Waals surface area (Å²) >= 11 is 0. The molecule has 2 amide bonds. The fraction of sp³-hybridized carbons (Fsp3) is 0.591. The Hall–Kier alpha value is -2.37. The first kappa shape index (κ1) is 20.4. The Kier molecular flexibility index (Phi) is 7.06. The van der Waals surface area contributed by atoms with Gasteiger partial charge in [-0.15, -0.1) is 0 Å². The van der Waals surface area contributed by atoms with Crippen molar-refractivity contribution in [3.05, 3.63) is 35.9 Å². The molecule has 6 heteroatoms. The van der Waals surface area contributed by atoms with Crippen LogP contribution in [0.4, 0.5) is 0 Å². The lowest BCUT2D eigenvalue weighted by Gasteiger charge is -2.39. The number of amides is 2. The molecule has 0 radical (unpaired) electrons. The van der Waals surface area contributed by atoms with Crippen LogP contribution in [0.5, 0.6) is 0 Å². The molecule has 4 rings (SSSR count). The second-order valence-electron chi connectivity index (χ2n) is 7.71. The minimum atomic E-state index is -0.164. The summed E-state index contributed by atoms with van der Waals surface area (Å²) in [5.74, 6) is 0.924. The lowest BCUT2D eigenvalue weighted by Crippen LogP contribution is -2.59. The second-order valence-corrected chi connectivity index (χ2v) is 7.71. The summed E-state index contributed by atoms with van der Waals surface area (Å²) in [6, 6.07) is 10.5. The van der Waals surface area contributed by atoms with Crippen LogP contribution in [-0.2, 0) is 25.5 Å². The first-order valence-electron chi connectivity index (χ1n) is 10.3. The van der Waals surface area contributed by atoms with Crippen molar-refractivity contribution < 1.29 is 19.1 Å². The van der Waals surface area contributed by atoms with E-state index >= 15 is 0 Å². The van der Waals surface area contributed by atoms with E-state index < -0.39 is 0 Å². The normalized spacial score (nSPS) is 25.7. The van der Waals surface area contributed by atoms with Gasteiger partial charge in [-0.2, -0.15) is 0 Å². The van der Waals surface area contributed by atoms with Gasteiger partial charge < -0.3 is 14.5 Å². The van der Waals surface area contributed by atoms with Gasteiger partial charge in [-0.3, -0.25) is 14.4 Å². The summed E-state index contributed by atoms with van der Waals surface area (Å²) in [4.78, 5) is 38.2. The van der Waals surface area contributed by atoms with Gasteiger partial charge in [-0.25, -0.2) is 0 Å². The highest BCUT2D eigenvalue weighted by Crippen LogP contribution is 2.42. The number of carbonyl (C=O) groups excluding carboxylic acids is 3. The molecule has 2 heterocycles. The number of nitrogens with zero attached hydrogens (tertiary/aromatic N) is 2. The molecule has 152 valence electrons. The standard InChI is InChI=1S/C19H24N2O2.C3H6O2/c22-18-13-20(11-5-8-14-6-2-1-3-7-14)19(23)17-12-15-9-4-10-16(15)21(17)18;1-2-5-3-4/h1-3,6-7,15-17H,4-5,8-13H2;3H,2H2,1H3/t15-,16-,17-;/m0./s1. The predicted octanol–water partition coefficient (Wildman–Crippen LogP) is 2.41. The molecule has 1 aromatic rings. The van der Waals surface area contributed by atoms with E-state index in [1.165, 1.54) is 18.4 Å². The van der Waals surface area contributed by atoms with Crippen molar-refractivity contribution >= 4 is 18.3 Å². The molecule has 0 aromatic heterocycles. The van der Waals surface area contributed by atoms with Gasteiger partial charge in [-0.1, -0.05) is 36.8 Å². The van der Waals surface area contributed by atoms with E-state index in [4.69, 9.17) is 0 Å². The van der Waals surface area contributed by atoms with E-state index in [9.17, 15) is 14.4 Å². The molecule has 0 spiro atoms. The molecule has 1 aliphatic carbocycles. The van der Waals surface area contributed by atoms with E-state index in [-0.39, 0.29) is 24.4 Å². The maximum Gasteiger partial charge on any atom is 0.293 e. The van der Waals surface area contributed by atoms with E-state index in [1.54, 1.807) is 11.8 Å². The quantitative estimate of drug-likeness (QED) is 0.704. The average Bonchev–Trinajstić information content (AvgIpc) is 3.29. The van der Waals surface area contributed by atoms with Crippen molar-refractivity contribution in [2.45, 2.75) is 57.5 Å². The van der Waals surface area contributed by atoms with Crippen LogP contribution in [0, 0.1) is 5.92 Å². The zero-order chi connectivity index (χ0) is 19.9. The minimum absolute atomic E-state index is 0.164. The van der Waals surface area contributed by atoms with Crippen LogP contribution in [0.25, 0.3) is 0 Å². The van der Waals surface area contributed by atoms with Crippen molar-refractivity contribution in [1.82, 2.24) is 9.80 Å². The third-order valence-corrected chi connectivity index (χ3v) is 6.02. The van der Waals surface area contributed by atoms with Gasteiger partial charge in [0.05, 0.1) is 13.2 Å². The Labute approximate surface area is 166 Å². The molecule has 2 aliphatic heterocycles. The number of ether oxygens (including phenoxy) is 1. The lowest BCUT2D eigenvalue weighted by atomic mass is 10.0. The molecule has 3 aliphatic rings. The molecule has 28 heavy (non-hydrogen) atoms. The van der Waals surface area contributed by atoms with Gasteiger partial charge in [0.25, 0.3) is 6.47 Å². The molecule has 0 N–H and O–H groups in total. The van der Waals surface area contributed by atoms with Gasteiger partial charge in [0.2, 0.25) is 11.8 Å². The van der Waals surface area contributed by atoms with E-state index in [0.29, 0.717) is 31.6 Å². The molecule has 0 unspecified atom stereocenters. The minimum Gasteiger partial charge on any atom is -0.468 e. The van der Waals surface area contributed by atoms with Crippen LogP contribution in [-0.4, -0.2) is 59.9 Å². The zero-order valence-electron chi connectivity index (χ0n) is 16.6. The highest BCUT2D eigenvalue weighted by atomic mass is 16.5. The highest BCUT2D eigenvalue weighted by Gasteiger charge is 2.52. The number of fused-ring (bicyclic) bond motifs is 3. The van der Waals surface area contributed by atoms with Crippen molar-refractivity contribution in [3.8, 4) is 0 Å². The van der Waals surface area contributed by atoms with Crippen LogP contribution in [0.15, 0.2) is 30.3 Å². The van der Waals surface area contributed by atoms with Crippen LogP contribution in [0.1, 0.15) is 44.6 Å². The Morgan fingerprint density at radius 2 is 1.96 bits per heavy atom. The van der Waals surface area contributed by atoms with E-state index in [0.717, 1.165) is 25.7 Å². The van der Waals surface area contributed by atoms with Crippen molar-refractivity contribution in [2.24, 2.45) is 5.92 Å². The summed E-state index contributed by atoms with van der Waals surface area (Å²) in [5, 5.41) is 0. The molecule has 6 nitrogen and oxygen atoms in total. The third-order valence-electron chi connectivity index (χ3n) is 6.02. The van der Waals surface area contributed by atoms with Crippen LogP contribution >= 0.6 is 0 Å². The molecule has 1 aromatic carbocycles. The summed E-state index contributed by atoms with van der Waals surface area (Å²) in [5.41, 5.74) is 1.29. The first-order chi connectivity index (χ1) is 13.7. The number of hydrogen-bond donors (Lipinski definition) is 0. The first-order valence-corrected chi connectivity index (χ1v) is 10.3. The van der Waals surface area contributed by atoms with Gasteiger partial charge in [0.1, 0.15) is 6.04 Å². The van der Waals surface area contributed by atoms with Crippen molar-refractivity contribution in [3.63, 3.8) is 0 Å². The molecule has 1 saturated carbocycles. The lowest BCUT2D eigenvalue weighted by molar-refractivity contribution is -0.155. The van der Waals surface area contributed by atoms with Crippen LogP contribution in [0.2, 0.25) is 0 Å². The smallest absolute Gasteiger partial charge is 0.293 e. The molecule has 2 saturated heterocycles. The summed E-state index contributed by atoms with van der Waals surface area (Å²) in [6.45, 7) is 3.64. The SMILES string of the molecule is CCOC=O.O=C1[C@@H]2C[C@@H]3CCC[C@@H]3N2C(=O)CN1CCCc1ccccc1. The number of rotatable bonds is 6. The average molecular weight is 386 g/mol. The largest absolute Gasteiger partial charge is 0.468 e. The maximum absolute atomic E-state index is 12.8. The fourth-order valence-electron chi connectivity index (χ4n) is 4.78. The van der Waals surface area contributed by atoms with Gasteiger partial charge in [0, 0.05) is 12.6 Å². The molecular weight excluding hydrogens is 356 g/mol. The number of aryl methyl sites for hydroxylation is 1.